The molecule has 0 aromatic rings. The van der Waals surface area contributed by atoms with E-state index in [1.807, 2.05) is 6.21 Å². The topological polar surface area (TPSA) is 24.4 Å². The van der Waals surface area contributed by atoms with Crippen molar-refractivity contribution in [2.45, 2.75) is 26.3 Å². The van der Waals surface area contributed by atoms with Gasteiger partial charge >= 0.3 is 0 Å². The Morgan fingerprint density at radius 3 is 3.18 bits per heavy atom. The number of allylic oxidation sites excluding steroid dienone is 1. The summed E-state index contributed by atoms with van der Waals surface area (Å²) in [6.45, 7) is 6.34. The average Bonchev–Trinajstić information content (AvgIpc) is 2.01. The number of likely N-dealkylation sites (N-methyl/N-ethyl adjacent to an activating group) is 1. The first-order valence-corrected chi connectivity index (χ1v) is 4.25. The fraction of sp³-hybridized carbons (Fsp3) is 0.667. The van der Waals surface area contributed by atoms with Gasteiger partial charge in [-0.3, -0.25) is 4.99 Å². The first-order valence-electron chi connectivity index (χ1n) is 4.25. The van der Waals surface area contributed by atoms with Crippen LogP contribution in [0.5, 0.6) is 0 Å². The maximum atomic E-state index is 4.26. The van der Waals surface area contributed by atoms with Gasteiger partial charge in [-0.25, -0.2) is 0 Å². The predicted octanol–water partition coefficient (Wildman–Crippen LogP) is 1.39. The van der Waals surface area contributed by atoms with Crippen LogP contribution in [0.4, 0.5) is 0 Å². The van der Waals surface area contributed by atoms with Gasteiger partial charge in [0.05, 0.1) is 6.04 Å². The number of nitrogens with zero attached hydrogens (tertiary/aromatic N) is 1. The Kier molecular flexibility index (Phi) is 3.30. The smallest absolute Gasteiger partial charge is 0.0509 e. The van der Waals surface area contributed by atoms with Crippen molar-refractivity contribution in [3.63, 3.8) is 0 Å². The van der Waals surface area contributed by atoms with Gasteiger partial charge in [-0.1, -0.05) is 12.5 Å². The summed E-state index contributed by atoms with van der Waals surface area (Å²) in [4.78, 5) is 4.26. The summed E-state index contributed by atoms with van der Waals surface area (Å²) in [7, 11) is 0. The van der Waals surface area contributed by atoms with E-state index in [1.165, 1.54) is 5.57 Å². The minimum absolute atomic E-state index is 0.480. The Labute approximate surface area is 68.4 Å². The number of hydrogen-bond donors (Lipinski definition) is 1. The Bertz CT molecular complexity index is 170. The molecule has 0 saturated carbocycles. The summed E-state index contributed by atoms with van der Waals surface area (Å²) in [5, 5.41) is 3.31. The van der Waals surface area contributed by atoms with E-state index >= 15 is 0 Å². The van der Waals surface area contributed by atoms with Crippen LogP contribution in [0.15, 0.2) is 16.6 Å². The molecule has 2 nitrogen and oxygen atoms in total. The highest BCUT2D eigenvalue weighted by atomic mass is 14.8. The standard InChI is InChI=1S/C9H16N2/c1-3-10-7-9-4-5-11-8(2)6-9/h4-5,8,10H,3,6-7H2,1-2H3. The second kappa shape index (κ2) is 4.29. The summed E-state index contributed by atoms with van der Waals surface area (Å²) < 4.78 is 0. The zero-order chi connectivity index (χ0) is 8.10. The molecule has 1 atom stereocenters. The number of aliphatic imine (C=N–C) groups is 1. The molecule has 1 N–H and O–H groups in total. The third-order valence-electron chi connectivity index (χ3n) is 1.81. The van der Waals surface area contributed by atoms with Crippen LogP contribution in [-0.2, 0) is 0 Å². The Morgan fingerprint density at radius 2 is 2.55 bits per heavy atom. The molecule has 0 spiro atoms. The molecule has 0 bridgehead atoms. The van der Waals surface area contributed by atoms with Crippen LogP contribution in [0.2, 0.25) is 0 Å². The van der Waals surface area contributed by atoms with Crippen LogP contribution in [0.3, 0.4) is 0 Å². The van der Waals surface area contributed by atoms with Crippen molar-refractivity contribution in [3.8, 4) is 0 Å². The zero-order valence-corrected chi connectivity index (χ0v) is 7.30. The third-order valence-corrected chi connectivity index (χ3v) is 1.81. The molecule has 1 aliphatic heterocycles. The normalized spacial score (nSPS) is 23.5. The van der Waals surface area contributed by atoms with E-state index in [9.17, 15) is 0 Å². The van der Waals surface area contributed by atoms with Crippen molar-refractivity contribution in [2.24, 2.45) is 4.99 Å². The van der Waals surface area contributed by atoms with Gasteiger partial charge in [0.2, 0.25) is 0 Å². The van der Waals surface area contributed by atoms with Gasteiger partial charge in [-0.15, -0.1) is 0 Å². The highest BCUT2D eigenvalue weighted by molar-refractivity contribution is 5.73. The molecule has 0 radical (unpaired) electrons. The molecule has 1 rings (SSSR count). The molecule has 11 heavy (non-hydrogen) atoms. The van der Waals surface area contributed by atoms with Crippen molar-refractivity contribution in [1.29, 1.82) is 0 Å². The fourth-order valence-corrected chi connectivity index (χ4v) is 1.21. The van der Waals surface area contributed by atoms with Gasteiger partial charge in [0.25, 0.3) is 0 Å². The molecule has 0 aliphatic carbocycles. The van der Waals surface area contributed by atoms with E-state index in [1.54, 1.807) is 0 Å². The van der Waals surface area contributed by atoms with Crippen molar-refractivity contribution >= 4 is 6.21 Å². The fourth-order valence-electron chi connectivity index (χ4n) is 1.21. The molecule has 1 aliphatic rings. The van der Waals surface area contributed by atoms with E-state index in [2.05, 4.69) is 30.2 Å². The molecule has 0 aromatic carbocycles. The first-order chi connectivity index (χ1) is 5.33. The van der Waals surface area contributed by atoms with Gasteiger partial charge in [0.15, 0.2) is 0 Å². The van der Waals surface area contributed by atoms with Crippen LogP contribution in [0.25, 0.3) is 0 Å². The van der Waals surface area contributed by atoms with Gasteiger partial charge in [0, 0.05) is 12.8 Å². The van der Waals surface area contributed by atoms with E-state index < -0.39 is 0 Å². The lowest BCUT2D eigenvalue weighted by Crippen LogP contribution is -2.19. The summed E-state index contributed by atoms with van der Waals surface area (Å²) in [6, 6.07) is 0.480. The monoisotopic (exact) mass is 152 g/mol. The third kappa shape index (κ3) is 2.85. The van der Waals surface area contributed by atoms with E-state index in [0.29, 0.717) is 6.04 Å². The van der Waals surface area contributed by atoms with Crippen LogP contribution in [0.1, 0.15) is 20.3 Å². The number of hydrogen-bond acceptors (Lipinski definition) is 2. The lowest BCUT2D eigenvalue weighted by atomic mass is 10.1. The highest BCUT2D eigenvalue weighted by Crippen LogP contribution is 2.10. The molecule has 0 aromatic heterocycles. The Balaban J connectivity index is 2.33. The quantitative estimate of drug-likeness (QED) is 0.649. The molecule has 0 saturated heterocycles. The molecule has 62 valence electrons. The van der Waals surface area contributed by atoms with Gasteiger partial charge in [0.1, 0.15) is 0 Å². The minimum Gasteiger partial charge on any atom is -0.313 e. The van der Waals surface area contributed by atoms with Crippen LogP contribution in [-0.4, -0.2) is 25.3 Å². The van der Waals surface area contributed by atoms with Crippen molar-refractivity contribution in [1.82, 2.24) is 5.32 Å². The molecule has 0 fully saturated rings. The largest absolute Gasteiger partial charge is 0.313 e. The molecular weight excluding hydrogens is 136 g/mol. The Hall–Kier alpha value is -0.630. The SMILES string of the molecule is CCNCC1=CC=NC(C)C1. The van der Waals surface area contributed by atoms with Crippen LogP contribution < -0.4 is 5.32 Å². The Morgan fingerprint density at radius 1 is 1.73 bits per heavy atom. The lowest BCUT2D eigenvalue weighted by molar-refractivity contribution is 0.679. The number of rotatable bonds is 3. The minimum atomic E-state index is 0.480. The molecular formula is C9H16N2. The second-order valence-corrected chi connectivity index (χ2v) is 2.96. The van der Waals surface area contributed by atoms with Crippen molar-refractivity contribution in [3.05, 3.63) is 11.6 Å². The summed E-state index contributed by atoms with van der Waals surface area (Å²) in [6.07, 6.45) is 5.15. The second-order valence-electron chi connectivity index (χ2n) is 2.96. The zero-order valence-electron chi connectivity index (χ0n) is 7.30. The maximum absolute atomic E-state index is 4.26. The van der Waals surface area contributed by atoms with E-state index in [0.717, 1.165) is 19.5 Å². The summed E-state index contributed by atoms with van der Waals surface area (Å²) in [5.41, 5.74) is 1.47. The van der Waals surface area contributed by atoms with Crippen molar-refractivity contribution in [2.75, 3.05) is 13.1 Å². The van der Waals surface area contributed by atoms with Gasteiger partial charge in [-0.05, 0) is 26.0 Å². The van der Waals surface area contributed by atoms with Crippen LogP contribution >= 0.6 is 0 Å². The van der Waals surface area contributed by atoms with E-state index in [-0.39, 0.29) is 0 Å². The predicted molar refractivity (Wildman–Crippen MR) is 49.2 cm³/mol. The summed E-state index contributed by atoms with van der Waals surface area (Å²) in [5.74, 6) is 0. The van der Waals surface area contributed by atoms with Crippen molar-refractivity contribution < 1.29 is 0 Å². The van der Waals surface area contributed by atoms with E-state index in [4.69, 9.17) is 0 Å². The maximum Gasteiger partial charge on any atom is 0.0509 e. The van der Waals surface area contributed by atoms with Gasteiger partial charge in [-0.2, -0.15) is 0 Å². The number of dihydropyridines is 1. The highest BCUT2D eigenvalue weighted by Gasteiger charge is 2.05. The van der Waals surface area contributed by atoms with Crippen LogP contribution in [0, 0.1) is 0 Å². The number of nitrogens with one attached hydrogen (secondary N) is 1. The average molecular weight is 152 g/mol. The summed E-state index contributed by atoms with van der Waals surface area (Å²) >= 11 is 0. The molecule has 0 amide bonds. The van der Waals surface area contributed by atoms with Gasteiger partial charge < -0.3 is 5.32 Å². The molecule has 1 unspecified atom stereocenters. The molecule has 1 heterocycles. The first kappa shape index (κ1) is 8.47. The molecule has 2 heteroatoms. The lowest BCUT2D eigenvalue weighted by Gasteiger charge is -2.13.